The van der Waals surface area contributed by atoms with E-state index in [1.807, 2.05) is 4.90 Å². The van der Waals surface area contributed by atoms with E-state index in [4.69, 9.17) is 0 Å². The summed E-state index contributed by atoms with van der Waals surface area (Å²) in [6.07, 6.45) is 8.10. The first-order chi connectivity index (χ1) is 9.20. The molecule has 2 atom stereocenters. The second-order valence-electron chi connectivity index (χ2n) is 6.15. The van der Waals surface area contributed by atoms with E-state index in [1.165, 1.54) is 25.7 Å². The fourth-order valence-corrected chi connectivity index (χ4v) is 3.32. The summed E-state index contributed by atoms with van der Waals surface area (Å²) in [6, 6.07) is 1.96. The van der Waals surface area contributed by atoms with Gasteiger partial charge in [-0.25, -0.2) is 4.79 Å². The second kappa shape index (κ2) is 6.79. The predicted molar refractivity (Wildman–Crippen MR) is 74.5 cm³/mol. The maximum atomic E-state index is 12.2. The highest BCUT2D eigenvalue weighted by atomic mass is 16.2. The molecule has 1 saturated heterocycles. The minimum absolute atomic E-state index is 0.0383. The van der Waals surface area contributed by atoms with E-state index in [9.17, 15) is 10.1 Å². The van der Waals surface area contributed by atoms with E-state index in [2.05, 4.69) is 18.3 Å². The van der Waals surface area contributed by atoms with Crippen LogP contribution in [0.15, 0.2) is 0 Å². The molecular weight excluding hydrogens is 238 g/mol. The van der Waals surface area contributed by atoms with Crippen molar-refractivity contribution in [2.24, 2.45) is 11.8 Å². The number of amides is 2. The number of carbonyl (C=O) groups is 1. The minimum Gasteiger partial charge on any atom is -0.325 e. The van der Waals surface area contributed by atoms with Gasteiger partial charge in [-0.1, -0.05) is 26.2 Å². The lowest BCUT2D eigenvalue weighted by Gasteiger charge is -2.33. The standard InChI is InChI=1S/C15H25N3O/c1-12-6-5-9-18(11-12)15(19)17-14(10-16)13-7-3-2-4-8-13/h12-14H,2-9,11H2,1H3,(H,17,19). The molecule has 1 aliphatic heterocycles. The number of rotatable bonds is 2. The SMILES string of the molecule is CC1CCCN(C(=O)NC(C#N)C2CCCCC2)C1. The van der Waals surface area contributed by atoms with Crippen LogP contribution in [0.4, 0.5) is 4.79 Å². The lowest BCUT2D eigenvalue weighted by Crippen LogP contribution is -2.50. The first-order valence-electron chi connectivity index (χ1n) is 7.65. The number of likely N-dealkylation sites (tertiary alicyclic amines) is 1. The zero-order chi connectivity index (χ0) is 13.7. The Labute approximate surface area is 116 Å². The number of carbonyl (C=O) groups excluding carboxylic acids is 1. The van der Waals surface area contributed by atoms with E-state index in [0.717, 1.165) is 32.4 Å². The van der Waals surface area contributed by atoms with Crippen LogP contribution in [0.1, 0.15) is 51.9 Å². The Bertz CT molecular complexity index is 344. The molecule has 2 unspecified atom stereocenters. The Morgan fingerprint density at radius 3 is 2.63 bits per heavy atom. The van der Waals surface area contributed by atoms with E-state index < -0.39 is 0 Å². The molecule has 0 aromatic rings. The number of nitrogens with zero attached hydrogens (tertiary/aromatic N) is 2. The van der Waals surface area contributed by atoms with Crippen molar-refractivity contribution in [2.75, 3.05) is 13.1 Å². The van der Waals surface area contributed by atoms with Crippen LogP contribution in [-0.2, 0) is 0 Å². The number of nitriles is 1. The zero-order valence-electron chi connectivity index (χ0n) is 11.9. The van der Waals surface area contributed by atoms with Gasteiger partial charge in [0.15, 0.2) is 0 Å². The summed E-state index contributed by atoms with van der Waals surface area (Å²) >= 11 is 0. The first kappa shape index (κ1) is 14.2. The van der Waals surface area contributed by atoms with Gasteiger partial charge in [0.2, 0.25) is 0 Å². The number of piperidine rings is 1. The van der Waals surface area contributed by atoms with Gasteiger partial charge in [0.05, 0.1) is 6.07 Å². The summed E-state index contributed by atoms with van der Waals surface area (Å²) < 4.78 is 0. The van der Waals surface area contributed by atoms with Gasteiger partial charge in [-0.3, -0.25) is 0 Å². The Balaban J connectivity index is 1.86. The summed E-state index contributed by atoms with van der Waals surface area (Å²) in [7, 11) is 0. The Kier molecular flexibility index (Phi) is 5.07. The van der Waals surface area contributed by atoms with E-state index in [-0.39, 0.29) is 12.1 Å². The van der Waals surface area contributed by atoms with Crippen molar-refractivity contribution in [3.63, 3.8) is 0 Å². The summed E-state index contributed by atoms with van der Waals surface area (Å²) in [5.74, 6) is 0.930. The molecule has 0 bridgehead atoms. The van der Waals surface area contributed by atoms with Crippen LogP contribution in [0.3, 0.4) is 0 Å². The molecule has 1 heterocycles. The van der Waals surface area contributed by atoms with Gasteiger partial charge < -0.3 is 10.2 Å². The summed E-state index contributed by atoms with van der Waals surface area (Å²) in [5.41, 5.74) is 0. The van der Waals surface area contributed by atoms with Crippen LogP contribution < -0.4 is 5.32 Å². The van der Waals surface area contributed by atoms with Gasteiger partial charge in [0.1, 0.15) is 6.04 Å². The molecule has 2 amide bonds. The molecule has 0 aromatic carbocycles. The maximum absolute atomic E-state index is 12.2. The van der Waals surface area contributed by atoms with Crippen molar-refractivity contribution in [3.05, 3.63) is 0 Å². The van der Waals surface area contributed by atoms with Crippen molar-refractivity contribution in [1.82, 2.24) is 10.2 Å². The van der Waals surface area contributed by atoms with Crippen LogP contribution in [-0.4, -0.2) is 30.1 Å². The molecule has 1 aliphatic carbocycles. The number of hydrogen-bond donors (Lipinski definition) is 1. The van der Waals surface area contributed by atoms with Crippen LogP contribution in [0.5, 0.6) is 0 Å². The highest BCUT2D eigenvalue weighted by Gasteiger charge is 2.28. The molecule has 2 rings (SSSR count). The molecule has 1 saturated carbocycles. The van der Waals surface area contributed by atoms with Crippen LogP contribution in [0.2, 0.25) is 0 Å². The quantitative estimate of drug-likeness (QED) is 0.832. The third-order valence-corrected chi connectivity index (χ3v) is 4.48. The van der Waals surface area contributed by atoms with Crippen LogP contribution >= 0.6 is 0 Å². The van der Waals surface area contributed by atoms with Crippen molar-refractivity contribution >= 4 is 6.03 Å². The highest BCUT2D eigenvalue weighted by molar-refractivity contribution is 5.75. The molecule has 2 aliphatic rings. The number of hydrogen-bond acceptors (Lipinski definition) is 2. The van der Waals surface area contributed by atoms with Crippen molar-refractivity contribution in [1.29, 1.82) is 5.26 Å². The molecule has 0 spiro atoms. The monoisotopic (exact) mass is 263 g/mol. The van der Waals surface area contributed by atoms with Gasteiger partial charge in [-0.05, 0) is 37.5 Å². The third-order valence-electron chi connectivity index (χ3n) is 4.48. The van der Waals surface area contributed by atoms with Crippen molar-refractivity contribution in [2.45, 2.75) is 57.9 Å². The molecule has 106 valence electrons. The second-order valence-corrected chi connectivity index (χ2v) is 6.15. The zero-order valence-corrected chi connectivity index (χ0v) is 11.9. The first-order valence-corrected chi connectivity index (χ1v) is 7.65. The van der Waals surface area contributed by atoms with Crippen molar-refractivity contribution in [3.8, 4) is 6.07 Å². The fraction of sp³-hybridized carbons (Fsp3) is 0.867. The van der Waals surface area contributed by atoms with E-state index in [0.29, 0.717) is 11.8 Å². The maximum Gasteiger partial charge on any atom is 0.318 e. The van der Waals surface area contributed by atoms with E-state index in [1.54, 1.807) is 0 Å². The van der Waals surface area contributed by atoms with Crippen LogP contribution in [0.25, 0.3) is 0 Å². The average Bonchev–Trinajstić information content (AvgIpc) is 2.45. The predicted octanol–water partition coefficient (Wildman–Crippen LogP) is 2.90. The largest absolute Gasteiger partial charge is 0.325 e. The average molecular weight is 263 g/mol. The molecule has 19 heavy (non-hydrogen) atoms. The normalized spacial score (nSPS) is 26.5. The molecule has 2 fully saturated rings. The number of nitrogens with one attached hydrogen (secondary N) is 1. The summed E-state index contributed by atoms with van der Waals surface area (Å²) in [5, 5.41) is 12.2. The van der Waals surface area contributed by atoms with Gasteiger partial charge in [-0.2, -0.15) is 5.26 Å². The Hall–Kier alpha value is -1.24. The lowest BCUT2D eigenvalue weighted by molar-refractivity contribution is 0.163. The summed E-state index contributed by atoms with van der Waals surface area (Å²) in [4.78, 5) is 14.1. The molecule has 1 N–H and O–H groups in total. The van der Waals surface area contributed by atoms with Gasteiger partial charge in [0, 0.05) is 13.1 Å². The van der Waals surface area contributed by atoms with Crippen LogP contribution in [0, 0.1) is 23.2 Å². The van der Waals surface area contributed by atoms with Gasteiger partial charge in [-0.15, -0.1) is 0 Å². The minimum atomic E-state index is -0.301. The molecular formula is C15H25N3O. The lowest BCUT2D eigenvalue weighted by atomic mass is 9.84. The van der Waals surface area contributed by atoms with Crippen molar-refractivity contribution < 1.29 is 4.79 Å². The molecule has 0 radical (unpaired) electrons. The molecule has 4 nitrogen and oxygen atoms in total. The summed E-state index contributed by atoms with van der Waals surface area (Å²) in [6.45, 7) is 3.84. The highest BCUT2D eigenvalue weighted by Crippen LogP contribution is 2.26. The fourth-order valence-electron chi connectivity index (χ4n) is 3.32. The topological polar surface area (TPSA) is 56.1 Å². The molecule has 0 aromatic heterocycles. The van der Waals surface area contributed by atoms with Gasteiger partial charge in [0.25, 0.3) is 0 Å². The van der Waals surface area contributed by atoms with Gasteiger partial charge >= 0.3 is 6.03 Å². The smallest absolute Gasteiger partial charge is 0.318 e. The Morgan fingerprint density at radius 2 is 2.00 bits per heavy atom. The van der Waals surface area contributed by atoms with E-state index >= 15 is 0 Å². The third kappa shape index (κ3) is 3.86. The Morgan fingerprint density at radius 1 is 1.26 bits per heavy atom. The molecule has 4 heteroatoms. The number of urea groups is 1.